The Kier molecular flexibility index (Phi) is 4.59. The van der Waals surface area contributed by atoms with Gasteiger partial charge in [0.2, 0.25) is 11.5 Å². The first-order chi connectivity index (χ1) is 14.6. The summed E-state index contributed by atoms with van der Waals surface area (Å²) in [6.45, 7) is 4.97. The number of hydrogen-bond donors (Lipinski definition) is 1. The lowest BCUT2D eigenvalue weighted by Gasteiger charge is -2.12. The fourth-order valence-corrected chi connectivity index (χ4v) is 4.10. The summed E-state index contributed by atoms with van der Waals surface area (Å²) in [6.07, 6.45) is 2.52. The fraction of sp³-hybridized carbons (Fsp3) is 0.261. The molecule has 0 bridgehead atoms. The normalized spacial score (nSPS) is 13.8. The maximum atomic E-state index is 12.8. The quantitative estimate of drug-likeness (QED) is 0.553. The molecule has 0 unspecified atom stereocenters. The number of benzene rings is 2. The van der Waals surface area contributed by atoms with Crippen LogP contribution in [0.4, 0.5) is 5.69 Å². The van der Waals surface area contributed by atoms with Crippen LogP contribution in [0, 0.1) is 0 Å². The lowest BCUT2D eigenvalue weighted by atomic mass is 10.1. The number of para-hydroxylation sites is 1. The van der Waals surface area contributed by atoms with Crippen molar-refractivity contribution in [2.75, 3.05) is 11.9 Å². The highest BCUT2D eigenvalue weighted by atomic mass is 16.3. The van der Waals surface area contributed by atoms with Crippen molar-refractivity contribution >= 4 is 33.7 Å². The number of nitrogens with zero attached hydrogens (tertiary/aromatic N) is 3. The fourth-order valence-electron chi connectivity index (χ4n) is 4.10. The average molecular weight is 402 g/mol. The number of fused-ring (bicyclic) bond motifs is 4. The SMILES string of the molecule is CCCN1Cc2ccc(NC(=O)Cn3cnc4c(oc5ccccc54)c3=O)cc2C1. The lowest BCUT2D eigenvalue weighted by molar-refractivity contribution is -0.116. The molecule has 152 valence electrons. The van der Waals surface area contributed by atoms with E-state index in [-0.39, 0.29) is 23.6 Å². The van der Waals surface area contributed by atoms with E-state index in [9.17, 15) is 9.59 Å². The van der Waals surface area contributed by atoms with Crippen molar-refractivity contribution in [3.8, 4) is 0 Å². The lowest BCUT2D eigenvalue weighted by Crippen LogP contribution is -2.27. The van der Waals surface area contributed by atoms with Crippen LogP contribution >= 0.6 is 0 Å². The summed E-state index contributed by atoms with van der Waals surface area (Å²) < 4.78 is 6.95. The van der Waals surface area contributed by atoms with Crippen molar-refractivity contribution in [3.63, 3.8) is 0 Å². The summed E-state index contributed by atoms with van der Waals surface area (Å²) in [5.41, 5.74) is 4.21. The third kappa shape index (κ3) is 3.27. The van der Waals surface area contributed by atoms with Crippen LogP contribution in [0.15, 0.2) is 58.0 Å². The van der Waals surface area contributed by atoms with Crippen molar-refractivity contribution in [1.29, 1.82) is 0 Å². The van der Waals surface area contributed by atoms with Gasteiger partial charge in [-0.3, -0.25) is 19.1 Å². The molecule has 0 saturated carbocycles. The van der Waals surface area contributed by atoms with E-state index in [0.29, 0.717) is 11.1 Å². The molecule has 1 aliphatic heterocycles. The highest BCUT2D eigenvalue weighted by Gasteiger charge is 2.19. The van der Waals surface area contributed by atoms with Crippen molar-refractivity contribution in [2.24, 2.45) is 0 Å². The van der Waals surface area contributed by atoms with Crippen LogP contribution < -0.4 is 10.9 Å². The Labute approximate surface area is 172 Å². The summed E-state index contributed by atoms with van der Waals surface area (Å²) in [5, 5.41) is 3.68. The Balaban J connectivity index is 1.34. The van der Waals surface area contributed by atoms with E-state index in [2.05, 4.69) is 28.2 Å². The first-order valence-electron chi connectivity index (χ1n) is 10.1. The van der Waals surface area contributed by atoms with Gasteiger partial charge in [-0.25, -0.2) is 4.98 Å². The molecule has 0 spiro atoms. The number of nitrogens with one attached hydrogen (secondary N) is 1. The zero-order valence-electron chi connectivity index (χ0n) is 16.7. The molecule has 1 aliphatic rings. The summed E-state index contributed by atoms with van der Waals surface area (Å²) in [4.78, 5) is 32.1. The minimum atomic E-state index is -0.365. The predicted molar refractivity (Wildman–Crippen MR) is 115 cm³/mol. The molecule has 4 aromatic rings. The van der Waals surface area contributed by atoms with Gasteiger partial charge in [0, 0.05) is 24.2 Å². The minimum Gasteiger partial charge on any atom is -0.448 e. The van der Waals surface area contributed by atoms with Gasteiger partial charge in [-0.2, -0.15) is 0 Å². The standard InChI is InChI=1S/C23H22N4O3/c1-2-9-26-11-15-7-8-17(10-16(15)12-26)25-20(28)13-27-14-24-21-18-5-3-4-6-19(18)30-22(21)23(27)29/h3-8,10,14H,2,9,11-13H2,1H3,(H,25,28). The molecule has 0 saturated heterocycles. The molecule has 7 nitrogen and oxygen atoms in total. The number of anilines is 1. The van der Waals surface area contributed by atoms with Gasteiger partial charge >= 0.3 is 0 Å². The maximum Gasteiger partial charge on any atom is 0.297 e. The molecule has 7 heteroatoms. The first kappa shape index (κ1) is 18.6. The zero-order valence-corrected chi connectivity index (χ0v) is 16.7. The van der Waals surface area contributed by atoms with Crippen LogP contribution in [-0.4, -0.2) is 26.9 Å². The molecule has 3 heterocycles. The van der Waals surface area contributed by atoms with Gasteiger partial charge in [0.15, 0.2) is 0 Å². The molecule has 0 aliphatic carbocycles. The van der Waals surface area contributed by atoms with Crippen molar-refractivity contribution in [1.82, 2.24) is 14.5 Å². The van der Waals surface area contributed by atoms with E-state index in [0.717, 1.165) is 37.1 Å². The van der Waals surface area contributed by atoms with Gasteiger partial charge in [-0.1, -0.05) is 25.1 Å². The van der Waals surface area contributed by atoms with Crippen LogP contribution in [-0.2, 0) is 24.4 Å². The summed E-state index contributed by atoms with van der Waals surface area (Å²) >= 11 is 0. The average Bonchev–Trinajstić information content (AvgIpc) is 3.31. The number of carbonyl (C=O) groups is 1. The molecule has 1 N–H and O–H groups in total. The molecule has 5 rings (SSSR count). The largest absolute Gasteiger partial charge is 0.448 e. The molecule has 2 aromatic carbocycles. The summed E-state index contributed by atoms with van der Waals surface area (Å²) in [7, 11) is 0. The highest BCUT2D eigenvalue weighted by Crippen LogP contribution is 2.26. The predicted octanol–water partition coefficient (Wildman–Crippen LogP) is 3.51. The Morgan fingerprint density at radius 2 is 2.00 bits per heavy atom. The second-order valence-corrected chi connectivity index (χ2v) is 7.70. The first-order valence-corrected chi connectivity index (χ1v) is 10.1. The number of aromatic nitrogens is 2. The Morgan fingerprint density at radius 3 is 2.87 bits per heavy atom. The monoisotopic (exact) mass is 402 g/mol. The molecule has 0 fully saturated rings. The van der Waals surface area contributed by atoms with Crippen LogP contribution in [0.5, 0.6) is 0 Å². The number of furan rings is 1. The molecular formula is C23H22N4O3. The van der Waals surface area contributed by atoms with Crippen molar-refractivity contribution < 1.29 is 9.21 Å². The van der Waals surface area contributed by atoms with Crippen molar-refractivity contribution in [2.45, 2.75) is 33.0 Å². The van der Waals surface area contributed by atoms with Gasteiger partial charge in [0.1, 0.15) is 17.6 Å². The van der Waals surface area contributed by atoms with E-state index in [1.165, 1.54) is 22.0 Å². The van der Waals surface area contributed by atoms with E-state index in [1.807, 2.05) is 30.3 Å². The van der Waals surface area contributed by atoms with Crippen LogP contribution in [0.25, 0.3) is 22.1 Å². The number of amides is 1. The van der Waals surface area contributed by atoms with E-state index < -0.39 is 0 Å². The van der Waals surface area contributed by atoms with Gasteiger partial charge in [0.05, 0.1) is 6.33 Å². The second kappa shape index (κ2) is 7.42. The molecule has 0 atom stereocenters. The van der Waals surface area contributed by atoms with E-state index in [1.54, 1.807) is 6.07 Å². The molecule has 0 radical (unpaired) electrons. The molecule has 30 heavy (non-hydrogen) atoms. The number of rotatable bonds is 5. The molecular weight excluding hydrogens is 380 g/mol. The van der Waals surface area contributed by atoms with Gasteiger partial charge in [-0.05, 0) is 48.4 Å². The van der Waals surface area contributed by atoms with Crippen LogP contribution in [0.2, 0.25) is 0 Å². The minimum absolute atomic E-state index is 0.127. The second-order valence-electron chi connectivity index (χ2n) is 7.70. The number of carbonyl (C=O) groups excluding carboxylic acids is 1. The topological polar surface area (TPSA) is 80.4 Å². The highest BCUT2D eigenvalue weighted by molar-refractivity contribution is 6.01. The van der Waals surface area contributed by atoms with E-state index in [4.69, 9.17) is 4.42 Å². The maximum absolute atomic E-state index is 12.8. The molecule has 1 amide bonds. The third-order valence-electron chi connectivity index (χ3n) is 5.48. The Morgan fingerprint density at radius 1 is 1.17 bits per heavy atom. The summed E-state index contributed by atoms with van der Waals surface area (Å²) in [6, 6.07) is 13.4. The van der Waals surface area contributed by atoms with E-state index >= 15 is 0 Å². The van der Waals surface area contributed by atoms with Gasteiger partial charge in [0.25, 0.3) is 5.56 Å². The van der Waals surface area contributed by atoms with Crippen LogP contribution in [0.3, 0.4) is 0 Å². The Bertz CT molecular complexity index is 1320. The summed E-state index contributed by atoms with van der Waals surface area (Å²) in [5.74, 6) is -0.280. The zero-order chi connectivity index (χ0) is 20.7. The number of hydrogen-bond acceptors (Lipinski definition) is 5. The van der Waals surface area contributed by atoms with Gasteiger partial charge in [-0.15, -0.1) is 0 Å². The smallest absolute Gasteiger partial charge is 0.297 e. The van der Waals surface area contributed by atoms with Crippen molar-refractivity contribution in [3.05, 3.63) is 70.3 Å². The van der Waals surface area contributed by atoms with Crippen LogP contribution in [0.1, 0.15) is 24.5 Å². The van der Waals surface area contributed by atoms with Gasteiger partial charge < -0.3 is 9.73 Å². The third-order valence-corrected chi connectivity index (χ3v) is 5.48. The molecule has 2 aromatic heterocycles. The Hall–Kier alpha value is -3.45.